The number of rotatable bonds is 1. The predicted molar refractivity (Wildman–Crippen MR) is 49.6 cm³/mol. The van der Waals surface area contributed by atoms with Crippen LogP contribution < -0.4 is 0 Å². The molecule has 0 heterocycles. The van der Waals surface area contributed by atoms with Crippen LogP contribution in [0.4, 0.5) is 0 Å². The van der Waals surface area contributed by atoms with Crippen molar-refractivity contribution in [2.45, 2.75) is 6.42 Å². The minimum Gasteiger partial charge on any atom is -0.504 e. The molecule has 66 valence electrons. The Bertz CT molecular complexity index is 377. The van der Waals surface area contributed by atoms with Crippen LogP contribution in [0.3, 0.4) is 0 Å². The number of carbonyl (C=O) groups is 1. The first kappa shape index (κ1) is 8.05. The Balaban J connectivity index is 2.44. The van der Waals surface area contributed by atoms with E-state index in [0.717, 1.165) is 16.7 Å². The van der Waals surface area contributed by atoms with Crippen LogP contribution in [0.1, 0.15) is 15.9 Å². The van der Waals surface area contributed by atoms with Crippen LogP contribution in [-0.4, -0.2) is 12.9 Å². The molecule has 0 fully saturated rings. The highest BCUT2D eigenvalue weighted by atomic mass is 16.5. The summed E-state index contributed by atoms with van der Waals surface area (Å²) >= 11 is 0. The molecule has 0 N–H and O–H groups in total. The van der Waals surface area contributed by atoms with E-state index < -0.39 is 0 Å². The summed E-state index contributed by atoms with van der Waals surface area (Å²) in [6.07, 6.45) is 2.23. The van der Waals surface area contributed by atoms with Crippen LogP contribution in [0.2, 0.25) is 0 Å². The van der Waals surface area contributed by atoms with E-state index in [4.69, 9.17) is 4.74 Å². The summed E-state index contributed by atoms with van der Waals surface area (Å²) in [7, 11) is 1.56. The zero-order valence-electron chi connectivity index (χ0n) is 7.41. The van der Waals surface area contributed by atoms with Crippen molar-refractivity contribution in [1.29, 1.82) is 0 Å². The fourth-order valence-corrected chi connectivity index (χ4v) is 1.59. The zero-order chi connectivity index (χ0) is 9.26. The second-order valence-corrected chi connectivity index (χ2v) is 3.04. The highest BCUT2D eigenvalue weighted by molar-refractivity contribution is 6.12. The summed E-state index contributed by atoms with van der Waals surface area (Å²) in [5.41, 5.74) is 2.64. The van der Waals surface area contributed by atoms with Gasteiger partial charge in [-0.2, -0.15) is 0 Å². The fraction of sp³-hybridized carbons (Fsp3) is 0.182. The molecule has 0 atom stereocenters. The van der Waals surface area contributed by atoms with E-state index in [9.17, 15) is 4.79 Å². The van der Waals surface area contributed by atoms with Crippen molar-refractivity contribution in [3.63, 3.8) is 0 Å². The standard InChI is InChI=1S/C11H10O2/c1-13-7-9-6-8-4-2-3-5-10(8)11(9)12/h2-5,7H,6H2,1H3. The van der Waals surface area contributed by atoms with Crippen LogP contribution in [-0.2, 0) is 11.2 Å². The lowest BCUT2D eigenvalue weighted by Crippen LogP contribution is -1.95. The average molecular weight is 174 g/mol. The number of Topliss-reactive ketones (excluding diaryl/α,β-unsaturated/α-hetero) is 1. The fourth-order valence-electron chi connectivity index (χ4n) is 1.59. The van der Waals surface area contributed by atoms with Crippen molar-refractivity contribution in [1.82, 2.24) is 0 Å². The second-order valence-electron chi connectivity index (χ2n) is 3.04. The van der Waals surface area contributed by atoms with Crippen LogP contribution in [0, 0.1) is 0 Å². The molecule has 2 nitrogen and oxygen atoms in total. The zero-order valence-corrected chi connectivity index (χ0v) is 7.41. The molecule has 0 aromatic heterocycles. The van der Waals surface area contributed by atoms with Gasteiger partial charge in [-0.05, 0) is 5.56 Å². The third-order valence-electron chi connectivity index (χ3n) is 2.19. The Kier molecular flexibility index (Phi) is 1.89. The van der Waals surface area contributed by atoms with Gasteiger partial charge in [0.05, 0.1) is 13.4 Å². The van der Waals surface area contributed by atoms with Crippen molar-refractivity contribution in [2.75, 3.05) is 7.11 Å². The van der Waals surface area contributed by atoms with Gasteiger partial charge in [0.15, 0.2) is 5.78 Å². The minimum absolute atomic E-state index is 0.0949. The van der Waals surface area contributed by atoms with Gasteiger partial charge in [-0.3, -0.25) is 4.79 Å². The Labute approximate surface area is 76.8 Å². The molecule has 1 aliphatic rings. The van der Waals surface area contributed by atoms with Gasteiger partial charge in [0.2, 0.25) is 0 Å². The SMILES string of the molecule is COC=C1Cc2ccccc2C1=O. The van der Waals surface area contributed by atoms with E-state index in [1.807, 2.05) is 24.3 Å². The van der Waals surface area contributed by atoms with Gasteiger partial charge >= 0.3 is 0 Å². The Morgan fingerprint density at radius 3 is 2.85 bits per heavy atom. The first-order valence-corrected chi connectivity index (χ1v) is 4.17. The predicted octanol–water partition coefficient (Wildman–Crippen LogP) is 1.96. The van der Waals surface area contributed by atoms with E-state index in [1.54, 1.807) is 7.11 Å². The van der Waals surface area contributed by atoms with Crippen LogP contribution >= 0.6 is 0 Å². The number of allylic oxidation sites excluding steroid dienone is 1. The number of carbonyl (C=O) groups excluding carboxylic acids is 1. The van der Waals surface area contributed by atoms with Gasteiger partial charge in [-0.1, -0.05) is 24.3 Å². The number of ketones is 1. The Hall–Kier alpha value is -1.57. The molecule has 1 aliphatic carbocycles. The molecule has 1 aromatic rings. The first-order chi connectivity index (χ1) is 6.33. The summed E-state index contributed by atoms with van der Waals surface area (Å²) in [5, 5.41) is 0. The molecule has 0 bridgehead atoms. The minimum atomic E-state index is 0.0949. The highest BCUT2D eigenvalue weighted by Crippen LogP contribution is 2.25. The molecule has 0 unspecified atom stereocenters. The molecule has 1 aromatic carbocycles. The van der Waals surface area contributed by atoms with Crippen LogP contribution in [0.5, 0.6) is 0 Å². The smallest absolute Gasteiger partial charge is 0.192 e. The summed E-state index contributed by atoms with van der Waals surface area (Å²) in [4.78, 5) is 11.6. The van der Waals surface area contributed by atoms with Gasteiger partial charge in [-0.15, -0.1) is 0 Å². The molecular weight excluding hydrogens is 164 g/mol. The maximum Gasteiger partial charge on any atom is 0.192 e. The van der Waals surface area contributed by atoms with E-state index >= 15 is 0 Å². The van der Waals surface area contributed by atoms with Gasteiger partial charge in [-0.25, -0.2) is 0 Å². The number of hydrogen-bond donors (Lipinski definition) is 0. The highest BCUT2D eigenvalue weighted by Gasteiger charge is 2.23. The molecule has 13 heavy (non-hydrogen) atoms. The van der Waals surface area contributed by atoms with Crippen molar-refractivity contribution in [2.24, 2.45) is 0 Å². The van der Waals surface area contributed by atoms with E-state index in [1.165, 1.54) is 6.26 Å². The molecular formula is C11H10O2. The molecule has 0 radical (unpaired) electrons. The average Bonchev–Trinajstić information content (AvgIpc) is 2.46. The lowest BCUT2D eigenvalue weighted by molar-refractivity contribution is 0.103. The lowest BCUT2D eigenvalue weighted by Gasteiger charge is -1.92. The van der Waals surface area contributed by atoms with Gasteiger partial charge in [0.1, 0.15) is 0 Å². The normalized spacial score (nSPS) is 17.6. The number of benzene rings is 1. The molecule has 0 saturated heterocycles. The van der Waals surface area contributed by atoms with E-state index in [2.05, 4.69) is 0 Å². The third-order valence-corrected chi connectivity index (χ3v) is 2.19. The number of ether oxygens (including phenoxy) is 1. The van der Waals surface area contributed by atoms with Crippen molar-refractivity contribution >= 4 is 5.78 Å². The maximum atomic E-state index is 11.6. The number of methoxy groups -OCH3 is 1. The summed E-state index contributed by atoms with van der Waals surface area (Å²) in [6.45, 7) is 0. The topological polar surface area (TPSA) is 26.3 Å². The summed E-state index contributed by atoms with van der Waals surface area (Å²) < 4.78 is 4.84. The Morgan fingerprint density at radius 1 is 1.38 bits per heavy atom. The van der Waals surface area contributed by atoms with Gasteiger partial charge in [0.25, 0.3) is 0 Å². The number of fused-ring (bicyclic) bond motifs is 1. The van der Waals surface area contributed by atoms with Gasteiger partial charge < -0.3 is 4.74 Å². The molecule has 2 heteroatoms. The molecule has 2 rings (SSSR count). The maximum absolute atomic E-state index is 11.6. The van der Waals surface area contributed by atoms with E-state index in [-0.39, 0.29) is 5.78 Å². The summed E-state index contributed by atoms with van der Waals surface area (Å²) in [5.74, 6) is 0.0949. The largest absolute Gasteiger partial charge is 0.504 e. The molecule has 0 aliphatic heterocycles. The quantitative estimate of drug-likeness (QED) is 0.480. The first-order valence-electron chi connectivity index (χ1n) is 4.17. The lowest BCUT2D eigenvalue weighted by atomic mass is 10.1. The van der Waals surface area contributed by atoms with Crippen LogP contribution in [0.25, 0.3) is 0 Å². The van der Waals surface area contributed by atoms with Crippen molar-refractivity contribution in [3.8, 4) is 0 Å². The molecule has 0 saturated carbocycles. The third kappa shape index (κ3) is 1.24. The monoisotopic (exact) mass is 174 g/mol. The molecule has 0 amide bonds. The Morgan fingerprint density at radius 2 is 2.15 bits per heavy atom. The van der Waals surface area contributed by atoms with E-state index in [0.29, 0.717) is 6.42 Å². The van der Waals surface area contributed by atoms with Crippen LogP contribution in [0.15, 0.2) is 36.1 Å². The van der Waals surface area contributed by atoms with Gasteiger partial charge in [0, 0.05) is 17.6 Å². The number of hydrogen-bond acceptors (Lipinski definition) is 2. The van der Waals surface area contributed by atoms with Crippen molar-refractivity contribution < 1.29 is 9.53 Å². The summed E-state index contributed by atoms with van der Waals surface area (Å²) in [6, 6.07) is 7.66. The van der Waals surface area contributed by atoms with Crippen molar-refractivity contribution in [3.05, 3.63) is 47.2 Å². The second kappa shape index (κ2) is 3.05. The molecule has 0 spiro atoms.